The van der Waals surface area contributed by atoms with Gasteiger partial charge in [-0.05, 0) is 31.4 Å². The summed E-state index contributed by atoms with van der Waals surface area (Å²) in [6.45, 7) is 6.05. The topological polar surface area (TPSA) is 29.1 Å². The van der Waals surface area contributed by atoms with Crippen LogP contribution < -0.4 is 5.32 Å². The Kier molecular flexibility index (Phi) is 5.00. The van der Waals surface area contributed by atoms with Gasteiger partial charge in [-0.1, -0.05) is 47.1 Å². The largest absolute Gasteiger partial charge is 0.349 e. The van der Waals surface area contributed by atoms with Crippen LogP contribution in [0.3, 0.4) is 0 Å². The molecule has 0 bridgehead atoms. The van der Waals surface area contributed by atoms with E-state index in [1.807, 2.05) is 26.0 Å². The third kappa shape index (κ3) is 3.34. The number of alkyl halides is 1. The van der Waals surface area contributed by atoms with Gasteiger partial charge in [0, 0.05) is 0 Å². The molecule has 1 N–H and O–H groups in total. The fourth-order valence-electron chi connectivity index (χ4n) is 1.64. The minimum absolute atomic E-state index is 0.0539. The molecule has 3 heteroatoms. The molecule has 16 heavy (non-hydrogen) atoms. The molecule has 0 aliphatic carbocycles. The summed E-state index contributed by atoms with van der Waals surface area (Å²) in [7, 11) is 0. The van der Waals surface area contributed by atoms with E-state index in [0.717, 1.165) is 6.42 Å². The normalized spacial score (nSPS) is 14.2. The first-order valence-corrected chi connectivity index (χ1v) is 6.47. The zero-order valence-electron chi connectivity index (χ0n) is 9.96. The van der Waals surface area contributed by atoms with Gasteiger partial charge in [0.05, 0.1) is 10.9 Å². The van der Waals surface area contributed by atoms with E-state index in [-0.39, 0.29) is 16.8 Å². The molecule has 0 aromatic heterocycles. The highest BCUT2D eigenvalue weighted by atomic mass is 79.9. The molecule has 0 unspecified atom stereocenters. The number of nitrogens with one attached hydrogen (secondary N) is 1. The number of benzene rings is 1. The van der Waals surface area contributed by atoms with Crippen molar-refractivity contribution in [1.82, 2.24) is 5.32 Å². The first-order valence-electron chi connectivity index (χ1n) is 5.56. The summed E-state index contributed by atoms with van der Waals surface area (Å²) in [6.07, 6.45) is 0.798. The van der Waals surface area contributed by atoms with Gasteiger partial charge in [0.1, 0.15) is 0 Å². The summed E-state index contributed by atoms with van der Waals surface area (Å²) in [5.41, 5.74) is 2.38. The Balaban J connectivity index is 2.69. The van der Waals surface area contributed by atoms with Crippen molar-refractivity contribution in [3.8, 4) is 0 Å². The van der Waals surface area contributed by atoms with Crippen LogP contribution in [0.1, 0.15) is 37.4 Å². The van der Waals surface area contributed by atoms with Gasteiger partial charge < -0.3 is 5.32 Å². The van der Waals surface area contributed by atoms with E-state index >= 15 is 0 Å². The molecule has 0 spiro atoms. The molecule has 0 saturated heterocycles. The van der Waals surface area contributed by atoms with Crippen molar-refractivity contribution < 1.29 is 4.79 Å². The van der Waals surface area contributed by atoms with Crippen LogP contribution in [-0.4, -0.2) is 10.7 Å². The Morgan fingerprint density at radius 1 is 1.44 bits per heavy atom. The Bertz CT molecular complexity index is 365. The van der Waals surface area contributed by atoms with Crippen molar-refractivity contribution >= 4 is 21.8 Å². The second-order valence-corrected chi connectivity index (χ2v) is 5.07. The summed E-state index contributed by atoms with van der Waals surface area (Å²) in [5.74, 6) is 0.0539. The molecule has 2 atom stereocenters. The zero-order valence-corrected chi connectivity index (χ0v) is 11.5. The van der Waals surface area contributed by atoms with Gasteiger partial charge in [0.15, 0.2) is 0 Å². The number of aryl methyl sites for hydroxylation is 1. The summed E-state index contributed by atoms with van der Waals surface area (Å²) < 4.78 is 0. The fraction of sp³-hybridized carbons (Fsp3) is 0.462. The lowest BCUT2D eigenvalue weighted by atomic mass is 10.0. The van der Waals surface area contributed by atoms with Crippen LogP contribution in [0.15, 0.2) is 24.3 Å². The maximum Gasteiger partial charge on any atom is 0.234 e. The van der Waals surface area contributed by atoms with Gasteiger partial charge in [-0.25, -0.2) is 0 Å². The van der Waals surface area contributed by atoms with Crippen molar-refractivity contribution in [1.29, 1.82) is 0 Å². The Labute approximate surface area is 106 Å². The van der Waals surface area contributed by atoms with E-state index in [1.54, 1.807) is 0 Å². The van der Waals surface area contributed by atoms with Crippen LogP contribution in [-0.2, 0) is 4.79 Å². The van der Waals surface area contributed by atoms with Gasteiger partial charge >= 0.3 is 0 Å². The number of halogens is 1. The van der Waals surface area contributed by atoms with Crippen LogP contribution in [0.5, 0.6) is 0 Å². The number of hydrogen-bond donors (Lipinski definition) is 1. The molecule has 0 radical (unpaired) electrons. The molecular weight excluding hydrogens is 266 g/mol. The summed E-state index contributed by atoms with van der Waals surface area (Å²) in [6, 6.07) is 8.17. The number of hydrogen-bond acceptors (Lipinski definition) is 1. The van der Waals surface area contributed by atoms with Crippen molar-refractivity contribution in [3.05, 3.63) is 35.4 Å². The highest BCUT2D eigenvalue weighted by molar-refractivity contribution is 9.10. The van der Waals surface area contributed by atoms with Crippen LogP contribution in [0.4, 0.5) is 0 Å². The smallest absolute Gasteiger partial charge is 0.234 e. The third-order valence-electron chi connectivity index (χ3n) is 2.66. The number of carbonyl (C=O) groups excluding carboxylic acids is 1. The molecule has 1 amide bonds. The van der Waals surface area contributed by atoms with Gasteiger partial charge in [-0.3, -0.25) is 4.79 Å². The third-order valence-corrected chi connectivity index (χ3v) is 3.72. The SMILES string of the molecule is CC[C@@H](Br)C(=O)N[C@@H](C)c1ccccc1C. The zero-order chi connectivity index (χ0) is 12.1. The standard InChI is InChI=1S/C13H18BrNO/c1-4-12(14)13(16)15-10(3)11-8-6-5-7-9(11)2/h5-8,10,12H,4H2,1-3H3,(H,15,16)/t10-,12+/m0/s1. The van der Waals surface area contributed by atoms with E-state index in [2.05, 4.69) is 40.3 Å². The number of carbonyl (C=O) groups is 1. The first-order chi connectivity index (χ1) is 7.56. The highest BCUT2D eigenvalue weighted by Gasteiger charge is 2.16. The van der Waals surface area contributed by atoms with Crippen LogP contribution in [0.25, 0.3) is 0 Å². The first kappa shape index (κ1) is 13.2. The van der Waals surface area contributed by atoms with Crippen molar-refractivity contribution in [2.24, 2.45) is 0 Å². The second-order valence-electron chi connectivity index (χ2n) is 3.96. The average molecular weight is 284 g/mol. The predicted molar refractivity (Wildman–Crippen MR) is 70.7 cm³/mol. The summed E-state index contributed by atoms with van der Waals surface area (Å²) in [4.78, 5) is 11.6. The molecule has 2 nitrogen and oxygen atoms in total. The van der Waals surface area contributed by atoms with Crippen molar-refractivity contribution in [2.75, 3.05) is 0 Å². The van der Waals surface area contributed by atoms with E-state index in [4.69, 9.17) is 0 Å². The monoisotopic (exact) mass is 283 g/mol. The molecule has 1 rings (SSSR count). The molecule has 0 aliphatic heterocycles. The maximum absolute atomic E-state index is 11.7. The van der Waals surface area contributed by atoms with E-state index < -0.39 is 0 Å². The fourth-order valence-corrected chi connectivity index (χ4v) is 1.77. The lowest BCUT2D eigenvalue weighted by molar-refractivity contribution is -0.121. The summed E-state index contributed by atoms with van der Waals surface area (Å²) in [5, 5.41) is 3.00. The molecule has 88 valence electrons. The lowest BCUT2D eigenvalue weighted by Gasteiger charge is -2.18. The Morgan fingerprint density at radius 2 is 2.06 bits per heavy atom. The van der Waals surface area contributed by atoms with E-state index in [9.17, 15) is 4.79 Å². The van der Waals surface area contributed by atoms with Gasteiger partial charge in [0.2, 0.25) is 5.91 Å². The van der Waals surface area contributed by atoms with E-state index in [0.29, 0.717) is 0 Å². The molecule has 0 aliphatic rings. The summed E-state index contributed by atoms with van der Waals surface area (Å²) >= 11 is 3.35. The maximum atomic E-state index is 11.7. The highest BCUT2D eigenvalue weighted by Crippen LogP contribution is 2.17. The van der Waals surface area contributed by atoms with Crippen LogP contribution in [0.2, 0.25) is 0 Å². The Hall–Kier alpha value is -0.830. The van der Waals surface area contributed by atoms with Gasteiger partial charge in [-0.15, -0.1) is 0 Å². The van der Waals surface area contributed by atoms with Crippen LogP contribution >= 0.6 is 15.9 Å². The van der Waals surface area contributed by atoms with Crippen LogP contribution in [0, 0.1) is 6.92 Å². The minimum Gasteiger partial charge on any atom is -0.349 e. The van der Waals surface area contributed by atoms with Crippen molar-refractivity contribution in [3.63, 3.8) is 0 Å². The molecule has 0 fully saturated rings. The average Bonchev–Trinajstić information content (AvgIpc) is 2.28. The quantitative estimate of drug-likeness (QED) is 0.844. The van der Waals surface area contributed by atoms with Crippen molar-refractivity contribution in [2.45, 2.75) is 38.1 Å². The Morgan fingerprint density at radius 3 is 2.62 bits per heavy atom. The molecule has 0 saturated carbocycles. The van der Waals surface area contributed by atoms with E-state index in [1.165, 1.54) is 11.1 Å². The molecular formula is C13H18BrNO. The van der Waals surface area contributed by atoms with Gasteiger partial charge in [-0.2, -0.15) is 0 Å². The predicted octanol–water partition coefficient (Wildman–Crippen LogP) is 3.35. The molecule has 1 aromatic rings. The lowest BCUT2D eigenvalue weighted by Crippen LogP contribution is -2.33. The molecule has 1 aromatic carbocycles. The second kappa shape index (κ2) is 6.04. The molecule has 0 heterocycles. The van der Waals surface area contributed by atoms with Gasteiger partial charge in [0.25, 0.3) is 0 Å². The number of rotatable bonds is 4. The number of amides is 1. The minimum atomic E-state index is -0.0982.